The Morgan fingerprint density at radius 3 is 2.38 bits per heavy atom. The van der Waals surface area contributed by atoms with Crippen LogP contribution in [-0.2, 0) is 11.2 Å². The van der Waals surface area contributed by atoms with E-state index in [-0.39, 0.29) is 0 Å². The van der Waals surface area contributed by atoms with Crippen molar-refractivity contribution in [3.63, 3.8) is 0 Å². The van der Waals surface area contributed by atoms with Crippen molar-refractivity contribution in [3.05, 3.63) is 29.8 Å². The Hall–Kier alpha value is -1.51. The van der Waals surface area contributed by atoms with Crippen LogP contribution in [0.3, 0.4) is 0 Å². The predicted octanol–water partition coefficient (Wildman–Crippen LogP) is 4.06. The maximum Gasteiger partial charge on any atom is 0.225 e. The van der Waals surface area contributed by atoms with Gasteiger partial charge in [-0.15, -0.1) is 0 Å². The van der Waals surface area contributed by atoms with Gasteiger partial charge in [0.2, 0.25) is 5.91 Å². The first-order valence-corrected chi connectivity index (χ1v) is 9.59. The van der Waals surface area contributed by atoms with E-state index in [0.717, 1.165) is 38.1 Å². The number of nitrogens with zero attached hydrogens (tertiary/aromatic N) is 1. The number of carbonyl (C=O) groups excluding carboxylic acids is 1. The van der Waals surface area contributed by atoms with Gasteiger partial charge in [0.25, 0.3) is 0 Å². The van der Waals surface area contributed by atoms with Gasteiger partial charge in [-0.3, -0.25) is 4.79 Å². The Bertz CT molecular complexity index is 574. The minimum Gasteiger partial charge on any atom is -0.497 e. The van der Waals surface area contributed by atoms with Crippen LogP contribution in [0.15, 0.2) is 24.3 Å². The smallest absolute Gasteiger partial charge is 0.225 e. The van der Waals surface area contributed by atoms with Crippen LogP contribution in [0.2, 0.25) is 0 Å². The maximum atomic E-state index is 12.7. The topological polar surface area (TPSA) is 29.5 Å². The number of piperidine rings is 1. The molecule has 2 aliphatic carbocycles. The van der Waals surface area contributed by atoms with Gasteiger partial charge in [-0.2, -0.15) is 0 Å². The highest BCUT2D eigenvalue weighted by atomic mass is 16.5. The quantitative estimate of drug-likeness (QED) is 0.835. The number of hydrogen-bond acceptors (Lipinski definition) is 2. The van der Waals surface area contributed by atoms with Crippen molar-refractivity contribution >= 4 is 5.91 Å². The summed E-state index contributed by atoms with van der Waals surface area (Å²) in [5.41, 5.74) is 1.99. The van der Waals surface area contributed by atoms with Crippen LogP contribution < -0.4 is 4.74 Å². The van der Waals surface area contributed by atoms with E-state index in [2.05, 4.69) is 17.0 Å². The molecule has 0 atom stereocenters. The molecular formula is C21H29NO2. The molecule has 0 radical (unpaired) electrons. The number of methoxy groups -OCH3 is 1. The van der Waals surface area contributed by atoms with E-state index >= 15 is 0 Å². The summed E-state index contributed by atoms with van der Waals surface area (Å²) < 4.78 is 5.22. The average molecular weight is 327 g/mol. The van der Waals surface area contributed by atoms with E-state index in [1.165, 1.54) is 37.7 Å². The summed E-state index contributed by atoms with van der Waals surface area (Å²) in [6.07, 6.45) is 9.91. The van der Waals surface area contributed by atoms with Gasteiger partial charge in [0, 0.05) is 19.0 Å². The number of hydrogen-bond donors (Lipinski definition) is 0. The van der Waals surface area contributed by atoms with Gasteiger partial charge in [-0.25, -0.2) is 0 Å². The summed E-state index contributed by atoms with van der Waals surface area (Å²) >= 11 is 0. The Kier molecular flexibility index (Phi) is 4.28. The molecule has 24 heavy (non-hydrogen) atoms. The number of rotatable bonds is 4. The van der Waals surface area contributed by atoms with Crippen LogP contribution in [-0.4, -0.2) is 31.0 Å². The Morgan fingerprint density at radius 2 is 1.83 bits per heavy atom. The van der Waals surface area contributed by atoms with Gasteiger partial charge in [-0.1, -0.05) is 18.6 Å². The van der Waals surface area contributed by atoms with E-state index in [1.54, 1.807) is 7.11 Å². The molecule has 3 fully saturated rings. The number of ether oxygens (including phenoxy) is 1. The third-order valence-corrected chi connectivity index (χ3v) is 6.73. The van der Waals surface area contributed by atoms with Crippen molar-refractivity contribution in [2.75, 3.05) is 20.2 Å². The molecule has 0 unspecified atom stereocenters. The SMILES string of the molecule is COc1ccc(CC2CCN(C(=O)C3CC4(CCC4)C3)CC2)cc1. The minimum atomic E-state index is 0.350. The van der Waals surface area contributed by atoms with Crippen LogP contribution in [0.25, 0.3) is 0 Å². The second kappa shape index (κ2) is 6.42. The molecule has 1 saturated heterocycles. The van der Waals surface area contributed by atoms with Crippen molar-refractivity contribution in [1.29, 1.82) is 0 Å². The first-order chi connectivity index (χ1) is 11.7. The Balaban J connectivity index is 1.23. The summed E-state index contributed by atoms with van der Waals surface area (Å²) in [5, 5.41) is 0. The lowest BCUT2D eigenvalue weighted by Crippen LogP contribution is -2.51. The van der Waals surface area contributed by atoms with Gasteiger partial charge >= 0.3 is 0 Å². The normalized spacial score (nSPS) is 23.6. The van der Waals surface area contributed by atoms with Crippen LogP contribution in [0, 0.1) is 17.3 Å². The summed E-state index contributed by atoms with van der Waals surface area (Å²) in [6.45, 7) is 1.92. The van der Waals surface area contributed by atoms with Gasteiger partial charge < -0.3 is 9.64 Å². The molecule has 130 valence electrons. The van der Waals surface area contributed by atoms with Gasteiger partial charge in [0.1, 0.15) is 5.75 Å². The zero-order valence-corrected chi connectivity index (χ0v) is 14.8. The summed E-state index contributed by atoms with van der Waals surface area (Å²) in [4.78, 5) is 14.8. The number of benzene rings is 1. The monoisotopic (exact) mass is 327 g/mol. The van der Waals surface area contributed by atoms with Crippen molar-refractivity contribution in [3.8, 4) is 5.75 Å². The largest absolute Gasteiger partial charge is 0.497 e. The first kappa shape index (κ1) is 16.0. The molecule has 3 nitrogen and oxygen atoms in total. The average Bonchev–Trinajstić information content (AvgIpc) is 2.53. The summed E-state index contributed by atoms with van der Waals surface area (Å²) in [7, 11) is 1.71. The number of likely N-dealkylation sites (tertiary alicyclic amines) is 1. The van der Waals surface area contributed by atoms with Crippen molar-refractivity contribution in [1.82, 2.24) is 4.90 Å². The van der Waals surface area contributed by atoms with E-state index in [0.29, 0.717) is 23.2 Å². The highest BCUT2D eigenvalue weighted by Crippen LogP contribution is 2.59. The third kappa shape index (κ3) is 3.05. The molecule has 1 amide bonds. The van der Waals surface area contributed by atoms with Crippen LogP contribution >= 0.6 is 0 Å². The molecular weight excluding hydrogens is 298 g/mol. The lowest BCUT2D eigenvalue weighted by molar-refractivity contribution is -0.149. The lowest BCUT2D eigenvalue weighted by atomic mass is 9.51. The Labute approximate surface area is 145 Å². The van der Waals surface area contributed by atoms with Crippen molar-refractivity contribution in [2.24, 2.45) is 17.3 Å². The molecule has 0 N–H and O–H groups in total. The number of carbonyl (C=O) groups is 1. The van der Waals surface area contributed by atoms with E-state index < -0.39 is 0 Å². The molecule has 0 aromatic heterocycles. The molecule has 1 heterocycles. The summed E-state index contributed by atoms with van der Waals surface area (Å²) in [6, 6.07) is 8.42. The Morgan fingerprint density at radius 1 is 1.17 bits per heavy atom. The molecule has 0 bridgehead atoms. The fraction of sp³-hybridized carbons (Fsp3) is 0.667. The van der Waals surface area contributed by atoms with Crippen molar-refractivity contribution < 1.29 is 9.53 Å². The molecule has 1 spiro atoms. The van der Waals surface area contributed by atoms with Gasteiger partial charge in [0.05, 0.1) is 7.11 Å². The maximum absolute atomic E-state index is 12.7. The van der Waals surface area contributed by atoms with E-state index in [9.17, 15) is 4.79 Å². The predicted molar refractivity (Wildman–Crippen MR) is 95.0 cm³/mol. The second-order valence-electron chi connectivity index (χ2n) is 8.28. The fourth-order valence-corrected chi connectivity index (χ4v) is 4.96. The van der Waals surface area contributed by atoms with Gasteiger partial charge in [-0.05, 0) is 74.0 Å². The van der Waals surface area contributed by atoms with Crippen LogP contribution in [0.5, 0.6) is 5.75 Å². The third-order valence-electron chi connectivity index (χ3n) is 6.73. The fourth-order valence-electron chi connectivity index (χ4n) is 4.96. The highest BCUT2D eigenvalue weighted by Gasteiger charge is 2.51. The van der Waals surface area contributed by atoms with Crippen LogP contribution in [0.4, 0.5) is 0 Å². The molecule has 4 rings (SSSR count). The molecule has 3 aliphatic rings. The molecule has 1 aliphatic heterocycles. The lowest BCUT2D eigenvalue weighted by Gasteiger charge is -2.54. The molecule has 2 saturated carbocycles. The highest BCUT2D eigenvalue weighted by molar-refractivity contribution is 5.80. The van der Waals surface area contributed by atoms with E-state index in [4.69, 9.17) is 4.74 Å². The minimum absolute atomic E-state index is 0.350. The standard InChI is InChI=1S/C21H29NO2/c1-24-19-5-3-16(4-6-19)13-17-7-11-22(12-8-17)20(23)18-14-21(15-18)9-2-10-21/h3-6,17-18H,2,7-15H2,1H3. The molecule has 1 aromatic rings. The zero-order chi connectivity index (χ0) is 16.6. The summed E-state index contributed by atoms with van der Waals surface area (Å²) in [5.74, 6) is 2.43. The molecule has 1 aromatic carbocycles. The first-order valence-electron chi connectivity index (χ1n) is 9.59. The van der Waals surface area contributed by atoms with Crippen LogP contribution in [0.1, 0.15) is 50.5 Å². The number of amides is 1. The molecule has 3 heteroatoms. The van der Waals surface area contributed by atoms with E-state index in [1.807, 2.05) is 12.1 Å². The van der Waals surface area contributed by atoms with Gasteiger partial charge in [0.15, 0.2) is 0 Å². The van der Waals surface area contributed by atoms with Crippen molar-refractivity contribution in [2.45, 2.75) is 51.4 Å². The zero-order valence-electron chi connectivity index (χ0n) is 14.8. The second-order valence-corrected chi connectivity index (χ2v) is 8.28.